The van der Waals surface area contributed by atoms with Crippen molar-refractivity contribution in [3.8, 4) is 0 Å². The SMILES string of the molecule is COCCNC(=O)CNc1cncc(C(=O)OC)n1. The van der Waals surface area contributed by atoms with E-state index in [2.05, 4.69) is 25.3 Å². The number of nitrogens with one attached hydrogen (secondary N) is 2. The summed E-state index contributed by atoms with van der Waals surface area (Å²) < 4.78 is 9.32. The second-order valence-corrected chi connectivity index (χ2v) is 3.48. The van der Waals surface area contributed by atoms with Crippen molar-refractivity contribution >= 4 is 17.7 Å². The number of amides is 1. The summed E-state index contributed by atoms with van der Waals surface area (Å²) in [6.07, 6.45) is 2.70. The van der Waals surface area contributed by atoms with Crippen LogP contribution in [-0.2, 0) is 14.3 Å². The first-order chi connectivity index (χ1) is 9.17. The molecule has 2 N–H and O–H groups in total. The molecule has 0 spiro atoms. The van der Waals surface area contributed by atoms with Crippen LogP contribution in [0.5, 0.6) is 0 Å². The molecule has 0 atom stereocenters. The molecule has 104 valence electrons. The summed E-state index contributed by atoms with van der Waals surface area (Å²) in [5.74, 6) is -0.465. The zero-order valence-corrected chi connectivity index (χ0v) is 10.8. The van der Waals surface area contributed by atoms with Gasteiger partial charge in [-0.2, -0.15) is 0 Å². The van der Waals surface area contributed by atoms with E-state index < -0.39 is 5.97 Å². The number of carbonyl (C=O) groups is 2. The summed E-state index contributed by atoms with van der Waals surface area (Å²) in [5, 5.41) is 5.39. The summed E-state index contributed by atoms with van der Waals surface area (Å²) in [6, 6.07) is 0. The van der Waals surface area contributed by atoms with Gasteiger partial charge in [0.2, 0.25) is 5.91 Å². The number of nitrogens with zero attached hydrogens (tertiary/aromatic N) is 2. The molecule has 0 radical (unpaired) electrons. The van der Waals surface area contributed by atoms with Gasteiger partial charge in [0.05, 0.1) is 32.7 Å². The smallest absolute Gasteiger partial charge is 0.358 e. The minimum absolute atomic E-state index is 0.0308. The largest absolute Gasteiger partial charge is 0.464 e. The Labute approximate surface area is 110 Å². The van der Waals surface area contributed by atoms with Crippen LogP contribution in [0, 0.1) is 0 Å². The number of esters is 1. The number of carbonyl (C=O) groups excluding carboxylic acids is 2. The number of aromatic nitrogens is 2. The van der Waals surface area contributed by atoms with Gasteiger partial charge in [0, 0.05) is 13.7 Å². The molecular formula is C11H16N4O4. The van der Waals surface area contributed by atoms with Gasteiger partial charge >= 0.3 is 5.97 Å². The van der Waals surface area contributed by atoms with Crippen LogP contribution < -0.4 is 10.6 Å². The van der Waals surface area contributed by atoms with E-state index in [0.717, 1.165) is 0 Å². The number of methoxy groups -OCH3 is 2. The van der Waals surface area contributed by atoms with E-state index in [-0.39, 0.29) is 18.1 Å². The third-order valence-electron chi connectivity index (χ3n) is 2.09. The van der Waals surface area contributed by atoms with Crippen LogP contribution in [0.25, 0.3) is 0 Å². The Balaban J connectivity index is 2.44. The molecule has 1 amide bonds. The maximum absolute atomic E-state index is 11.4. The topological polar surface area (TPSA) is 102 Å². The molecule has 0 fully saturated rings. The van der Waals surface area contributed by atoms with Gasteiger partial charge < -0.3 is 20.1 Å². The summed E-state index contributed by atoms with van der Waals surface area (Å²) >= 11 is 0. The van der Waals surface area contributed by atoms with E-state index in [9.17, 15) is 9.59 Å². The highest BCUT2D eigenvalue weighted by Gasteiger charge is 2.09. The molecule has 0 saturated carbocycles. The van der Waals surface area contributed by atoms with Gasteiger partial charge in [-0.1, -0.05) is 0 Å². The maximum Gasteiger partial charge on any atom is 0.358 e. The number of ether oxygens (including phenoxy) is 2. The quantitative estimate of drug-likeness (QED) is 0.504. The molecule has 0 saturated heterocycles. The highest BCUT2D eigenvalue weighted by atomic mass is 16.5. The van der Waals surface area contributed by atoms with Crippen molar-refractivity contribution in [2.45, 2.75) is 0 Å². The van der Waals surface area contributed by atoms with Crippen molar-refractivity contribution in [3.63, 3.8) is 0 Å². The average molecular weight is 268 g/mol. The average Bonchev–Trinajstić information content (AvgIpc) is 2.45. The van der Waals surface area contributed by atoms with Gasteiger partial charge in [-0.05, 0) is 0 Å². The fourth-order valence-electron chi connectivity index (χ4n) is 1.18. The van der Waals surface area contributed by atoms with E-state index in [0.29, 0.717) is 19.0 Å². The first-order valence-corrected chi connectivity index (χ1v) is 5.57. The zero-order chi connectivity index (χ0) is 14.1. The van der Waals surface area contributed by atoms with Crippen LogP contribution in [-0.4, -0.2) is 55.8 Å². The van der Waals surface area contributed by atoms with E-state index in [1.165, 1.54) is 19.5 Å². The van der Waals surface area contributed by atoms with Crippen molar-refractivity contribution in [2.75, 3.05) is 39.2 Å². The summed E-state index contributed by atoms with van der Waals surface area (Å²) in [4.78, 5) is 30.4. The molecule has 0 aliphatic rings. The highest BCUT2D eigenvalue weighted by Crippen LogP contribution is 2.02. The van der Waals surface area contributed by atoms with E-state index in [1.54, 1.807) is 7.11 Å². The van der Waals surface area contributed by atoms with Crippen LogP contribution in [0.2, 0.25) is 0 Å². The third kappa shape index (κ3) is 5.30. The molecule has 0 bridgehead atoms. The molecule has 8 heteroatoms. The number of anilines is 1. The molecule has 1 rings (SSSR count). The van der Waals surface area contributed by atoms with Crippen LogP contribution in [0.15, 0.2) is 12.4 Å². The summed E-state index contributed by atoms with van der Waals surface area (Å²) in [7, 11) is 2.81. The van der Waals surface area contributed by atoms with Gasteiger partial charge in [0.1, 0.15) is 5.82 Å². The summed E-state index contributed by atoms with van der Waals surface area (Å²) in [5.41, 5.74) is 0.0762. The normalized spacial score (nSPS) is 9.79. The Kier molecular flexibility index (Phi) is 6.23. The van der Waals surface area contributed by atoms with Crippen molar-refractivity contribution in [1.82, 2.24) is 15.3 Å². The lowest BCUT2D eigenvalue weighted by molar-refractivity contribution is -0.119. The predicted octanol–water partition coefficient (Wildman–Crippen LogP) is -0.562. The van der Waals surface area contributed by atoms with Gasteiger partial charge in [-0.15, -0.1) is 0 Å². The molecule has 1 aromatic rings. The van der Waals surface area contributed by atoms with Crippen molar-refractivity contribution in [1.29, 1.82) is 0 Å². The number of hydrogen-bond acceptors (Lipinski definition) is 7. The minimum Gasteiger partial charge on any atom is -0.464 e. The molecule has 19 heavy (non-hydrogen) atoms. The Morgan fingerprint density at radius 3 is 2.79 bits per heavy atom. The van der Waals surface area contributed by atoms with Crippen LogP contribution in [0.3, 0.4) is 0 Å². The zero-order valence-electron chi connectivity index (χ0n) is 10.8. The first kappa shape index (κ1) is 14.8. The molecular weight excluding hydrogens is 252 g/mol. The van der Waals surface area contributed by atoms with Crippen molar-refractivity contribution < 1.29 is 19.1 Å². The molecule has 0 aliphatic heterocycles. The number of rotatable bonds is 7. The van der Waals surface area contributed by atoms with Crippen molar-refractivity contribution in [3.05, 3.63) is 18.1 Å². The number of hydrogen-bond donors (Lipinski definition) is 2. The van der Waals surface area contributed by atoms with Gasteiger partial charge in [0.15, 0.2) is 5.69 Å². The van der Waals surface area contributed by atoms with Crippen LogP contribution >= 0.6 is 0 Å². The Morgan fingerprint density at radius 2 is 2.11 bits per heavy atom. The van der Waals surface area contributed by atoms with Crippen LogP contribution in [0.1, 0.15) is 10.5 Å². The fraction of sp³-hybridized carbons (Fsp3) is 0.455. The Bertz CT molecular complexity index is 438. The molecule has 1 heterocycles. The lowest BCUT2D eigenvalue weighted by Gasteiger charge is -2.07. The predicted molar refractivity (Wildman–Crippen MR) is 66.7 cm³/mol. The van der Waals surface area contributed by atoms with E-state index >= 15 is 0 Å². The molecule has 8 nitrogen and oxygen atoms in total. The van der Waals surface area contributed by atoms with Crippen LogP contribution in [0.4, 0.5) is 5.82 Å². The van der Waals surface area contributed by atoms with E-state index in [4.69, 9.17) is 4.74 Å². The minimum atomic E-state index is -0.583. The Hall–Kier alpha value is -2.22. The molecule has 0 aliphatic carbocycles. The highest BCUT2D eigenvalue weighted by molar-refractivity contribution is 5.87. The monoisotopic (exact) mass is 268 g/mol. The fourth-order valence-corrected chi connectivity index (χ4v) is 1.18. The lowest BCUT2D eigenvalue weighted by atomic mass is 10.4. The summed E-state index contributed by atoms with van der Waals surface area (Å²) in [6.45, 7) is 0.914. The van der Waals surface area contributed by atoms with E-state index in [1.807, 2.05) is 0 Å². The van der Waals surface area contributed by atoms with Gasteiger partial charge in [-0.25, -0.2) is 9.78 Å². The second kappa shape index (κ2) is 7.98. The van der Waals surface area contributed by atoms with Crippen molar-refractivity contribution in [2.24, 2.45) is 0 Å². The van der Waals surface area contributed by atoms with Gasteiger partial charge in [-0.3, -0.25) is 9.78 Å². The lowest BCUT2D eigenvalue weighted by Crippen LogP contribution is -2.32. The maximum atomic E-state index is 11.4. The second-order valence-electron chi connectivity index (χ2n) is 3.48. The Morgan fingerprint density at radius 1 is 1.32 bits per heavy atom. The molecule has 1 aromatic heterocycles. The molecule has 0 aromatic carbocycles. The standard InChI is InChI=1S/C11H16N4O4/c1-18-4-3-13-10(16)7-14-9-6-12-5-8(15-9)11(17)19-2/h5-6H,3-4,7H2,1-2H3,(H,13,16)(H,14,15). The third-order valence-corrected chi connectivity index (χ3v) is 2.09. The van der Waals surface area contributed by atoms with Gasteiger partial charge in [0.25, 0.3) is 0 Å². The molecule has 0 unspecified atom stereocenters. The first-order valence-electron chi connectivity index (χ1n) is 5.57.